The molecule has 2 heterocycles. The van der Waals surface area contributed by atoms with Crippen LogP contribution in [-0.2, 0) is 14.4 Å². The summed E-state index contributed by atoms with van der Waals surface area (Å²) < 4.78 is 84.2. The summed E-state index contributed by atoms with van der Waals surface area (Å²) in [6.07, 6.45) is -14.4. The van der Waals surface area contributed by atoms with Crippen molar-refractivity contribution in [1.29, 1.82) is 0 Å². The van der Waals surface area contributed by atoms with Gasteiger partial charge in [0.25, 0.3) is 5.91 Å². The number of amides is 3. The molecule has 7 nitrogen and oxygen atoms in total. The van der Waals surface area contributed by atoms with E-state index in [1.54, 1.807) is 48.5 Å². The third kappa shape index (κ3) is 6.38. The Morgan fingerprint density at radius 3 is 1.95 bits per heavy atom. The summed E-state index contributed by atoms with van der Waals surface area (Å²) in [4.78, 5) is 45.3. The lowest BCUT2D eigenvalue weighted by Crippen LogP contribution is -2.46. The summed E-state index contributed by atoms with van der Waals surface area (Å²) in [7, 11) is 0. The number of halogens is 6. The molecule has 13 heteroatoms. The van der Waals surface area contributed by atoms with Crippen molar-refractivity contribution in [2.24, 2.45) is 16.8 Å². The molecule has 1 saturated heterocycles. The topological polar surface area (TPSA) is 88.1 Å². The van der Waals surface area contributed by atoms with Crippen LogP contribution >= 0.6 is 0 Å². The Morgan fingerprint density at radius 2 is 1.41 bits per heavy atom. The minimum Gasteiger partial charge on any atom is -0.488 e. The van der Waals surface area contributed by atoms with E-state index in [0.29, 0.717) is 21.8 Å². The third-order valence-electron chi connectivity index (χ3n) is 7.20. The molecule has 0 unspecified atom stereocenters. The second kappa shape index (κ2) is 10.8. The van der Waals surface area contributed by atoms with Gasteiger partial charge in [-0.25, -0.2) is 9.89 Å². The van der Waals surface area contributed by atoms with E-state index in [-0.39, 0.29) is 17.5 Å². The van der Waals surface area contributed by atoms with E-state index >= 15 is 0 Å². The van der Waals surface area contributed by atoms with Crippen LogP contribution in [0.2, 0.25) is 0 Å². The number of nitrogens with zero attached hydrogens (tertiary/aromatic N) is 2. The van der Waals surface area contributed by atoms with Crippen molar-refractivity contribution in [3.8, 4) is 5.75 Å². The Balaban J connectivity index is 1.56. The second-order valence-corrected chi connectivity index (χ2v) is 10.3. The minimum atomic E-state index is -4.71. The molecule has 3 aliphatic rings. The van der Waals surface area contributed by atoms with Gasteiger partial charge < -0.3 is 10.1 Å². The van der Waals surface area contributed by atoms with Crippen LogP contribution in [0.15, 0.2) is 53.5 Å². The first kappa shape index (κ1) is 28.6. The van der Waals surface area contributed by atoms with Crippen molar-refractivity contribution >= 4 is 29.1 Å². The maximum absolute atomic E-state index is 13.6. The number of anilines is 1. The minimum absolute atomic E-state index is 0.0555. The highest BCUT2D eigenvalue weighted by atomic mass is 19.4. The van der Waals surface area contributed by atoms with Crippen molar-refractivity contribution in [3.63, 3.8) is 0 Å². The number of aliphatic imine (C=N–C) groups is 1. The van der Waals surface area contributed by atoms with Gasteiger partial charge in [-0.15, -0.1) is 0 Å². The smallest absolute Gasteiger partial charge is 0.389 e. The van der Waals surface area contributed by atoms with Crippen LogP contribution in [0.4, 0.5) is 32.0 Å². The monoisotopic (exact) mass is 581 g/mol. The molecule has 218 valence electrons. The van der Waals surface area contributed by atoms with E-state index in [9.17, 15) is 40.7 Å². The van der Waals surface area contributed by atoms with Crippen molar-refractivity contribution in [2.75, 3.05) is 5.32 Å². The molecule has 5 rings (SSSR count). The number of fused-ring (bicyclic) bond motifs is 1. The quantitative estimate of drug-likeness (QED) is 0.324. The predicted molar refractivity (Wildman–Crippen MR) is 134 cm³/mol. The number of hydrogen-bond donors (Lipinski definition) is 1. The first-order chi connectivity index (χ1) is 19.3. The highest BCUT2D eigenvalue weighted by molar-refractivity contribution is 6.21. The highest BCUT2D eigenvalue weighted by Gasteiger charge is 2.53. The molecule has 2 aromatic carbocycles. The number of alkyl halides is 6. The van der Waals surface area contributed by atoms with E-state index in [2.05, 4.69) is 10.3 Å². The lowest BCUT2D eigenvalue weighted by molar-refractivity contribution is -0.147. The predicted octanol–water partition coefficient (Wildman–Crippen LogP) is 5.63. The van der Waals surface area contributed by atoms with Crippen molar-refractivity contribution < 1.29 is 45.5 Å². The summed E-state index contributed by atoms with van der Waals surface area (Å²) >= 11 is 0. The summed E-state index contributed by atoms with van der Waals surface area (Å²) in [5.74, 6) is -6.32. The summed E-state index contributed by atoms with van der Waals surface area (Å²) in [6.45, 7) is 0. The number of nitrogens with one attached hydrogen (secondary N) is 1. The molecule has 2 aliphatic heterocycles. The average Bonchev–Trinajstić information content (AvgIpc) is 3.69. The molecule has 41 heavy (non-hydrogen) atoms. The molecule has 3 amide bonds. The lowest BCUT2D eigenvalue weighted by Gasteiger charge is -2.22. The number of imide groups is 1. The van der Waals surface area contributed by atoms with Crippen LogP contribution in [0.25, 0.3) is 0 Å². The SMILES string of the molecule is O=C1Nc2c(OC3CC3)cccc2C(c2ccccc2)=N[C@H]1N1C(=O)[C@@H](CCC(F)(F)F)[C@@H](CCC(F)(F)F)C1=O. The fourth-order valence-electron chi connectivity index (χ4n) is 5.10. The average molecular weight is 582 g/mol. The Kier molecular flexibility index (Phi) is 7.56. The fourth-order valence-corrected chi connectivity index (χ4v) is 5.10. The van der Waals surface area contributed by atoms with Gasteiger partial charge >= 0.3 is 12.4 Å². The highest BCUT2D eigenvalue weighted by Crippen LogP contribution is 2.41. The number of benzene rings is 2. The maximum atomic E-state index is 13.6. The zero-order valence-corrected chi connectivity index (χ0v) is 21.5. The third-order valence-corrected chi connectivity index (χ3v) is 7.20. The van der Waals surface area contributed by atoms with Gasteiger partial charge in [0.05, 0.1) is 29.3 Å². The van der Waals surface area contributed by atoms with Gasteiger partial charge in [-0.2, -0.15) is 26.3 Å². The number of carbonyl (C=O) groups excluding carboxylic acids is 3. The van der Waals surface area contributed by atoms with Crippen molar-refractivity contribution in [2.45, 2.75) is 63.1 Å². The molecule has 1 N–H and O–H groups in total. The molecule has 0 aromatic heterocycles. The van der Waals surface area contributed by atoms with Crippen LogP contribution in [0.5, 0.6) is 5.75 Å². The van der Waals surface area contributed by atoms with E-state index in [4.69, 9.17) is 4.74 Å². The standard InChI is InChI=1S/C28H25F6N3O4/c29-27(30,31)13-11-17-18(12-14-28(32,33)34)26(40)37(25(17)39)23-24(38)36-22-19(7-4-8-20(22)41-16-9-10-16)21(35-23)15-5-2-1-3-6-15/h1-8,16-18,23H,9-14H2,(H,36,38)/t17-,18+,23-/m0/s1. The van der Waals surface area contributed by atoms with Gasteiger partial charge in [-0.05, 0) is 31.7 Å². The molecule has 2 aromatic rings. The van der Waals surface area contributed by atoms with E-state index in [1.807, 2.05) is 0 Å². The van der Waals surface area contributed by atoms with Crippen molar-refractivity contribution in [3.05, 3.63) is 59.7 Å². The van der Waals surface area contributed by atoms with Gasteiger partial charge in [-0.1, -0.05) is 42.5 Å². The number of para-hydroxylation sites is 1. The molecule has 0 radical (unpaired) electrons. The molecule has 0 spiro atoms. The number of likely N-dealkylation sites (tertiary alicyclic amines) is 1. The molecule has 1 saturated carbocycles. The second-order valence-electron chi connectivity index (χ2n) is 10.3. The molecule has 3 atom stereocenters. The molecule has 2 fully saturated rings. The number of rotatable bonds is 8. The molecular weight excluding hydrogens is 556 g/mol. The Hall–Kier alpha value is -3.90. The lowest BCUT2D eigenvalue weighted by atomic mass is 9.87. The van der Waals surface area contributed by atoms with Crippen LogP contribution < -0.4 is 10.1 Å². The first-order valence-electron chi connectivity index (χ1n) is 13.1. The van der Waals surface area contributed by atoms with Gasteiger partial charge in [0.15, 0.2) is 0 Å². The molecule has 1 aliphatic carbocycles. The summed E-state index contributed by atoms with van der Waals surface area (Å²) in [6, 6.07) is 13.4. The number of benzodiazepines with no additional fused rings is 1. The largest absolute Gasteiger partial charge is 0.488 e. The summed E-state index contributed by atoms with van der Waals surface area (Å²) in [5, 5.41) is 2.65. The van der Waals surface area contributed by atoms with E-state index < -0.39 is 73.8 Å². The van der Waals surface area contributed by atoms with Crippen LogP contribution in [0.3, 0.4) is 0 Å². The van der Waals surface area contributed by atoms with Crippen LogP contribution in [0, 0.1) is 11.8 Å². The van der Waals surface area contributed by atoms with Crippen LogP contribution in [-0.4, -0.2) is 53.0 Å². The fraction of sp³-hybridized carbons (Fsp3) is 0.429. The van der Waals surface area contributed by atoms with Gasteiger partial charge in [-0.3, -0.25) is 14.4 Å². The zero-order chi connectivity index (χ0) is 29.5. The Labute approximate surface area is 230 Å². The molecular formula is C28H25F6N3O4. The number of carbonyl (C=O) groups is 3. The Morgan fingerprint density at radius 1 is 0.829 bits per heavy atom. The first-order valence-corrected chi connectivity index (χ1v) is 13.1. The van der Waals surface area contributed by atoms with E-state index in [1.165, 1.54) is 0 Å². The maximum Gasteiger partial charge on any atom is 0.389 e. The van der Waals surface area contributed by atoms with Crippen LogP contribution in [0.1, 0.15) is 49.7 Å². The van der Waals surface area contributed by atoms with Gasteiger partial charge in [0.1, 0.15) is 5.75 Å². The Bertz CT molecular complexity index is 1340. The summed E-state index contributed by atoms with van der Waals surface area (Å²) in [5.41, 5.74) is 1.33. The van der Waals surface area contributed by atoms with Crippen molar-refractivity contribution in [1.82, 2.24) is 4.90 Å². The normalized spacial score (nSPS) is 23.2. The number of hydrogen-bond acceptors (Lipinski definition) is 5. The van der Waals surface area contributed by atoms with E-state index in [0.717, 1.165) is 12.8 Å². The molecule has 0 bridgehead atoms. The number of ether oxygens (including phenoxy) is 1. The zero-order valence-electron chi connectivity index (χ0n) is 21.5. The van der Waals surface area contributed by atoms with Gasteiger partial charge in [0.2, 0.25) is 18.0 Å². The van der Waals surface area contributed by atoms with Gasteiger partial charge in [0, 0.05) is 24.0 Å².